The summed E-state index contributed by atoms with van der Waals surface area (Å²) in [5.41, 5.74) is -1.07. The molecule has 148 valence electrons. The Morgan fingerprint density at radius 3 is 2.45 bits per heavy atom. The van der Waals surface area contributed by atoms with E-state index in [9.17, 15) is 25.0 Å². The van der Waals surface area contributed by atoms with E-state index in [1.807, 2.05) is 0 Å². The molecule has 2 aromatic carbocycles. The molecule has 1 amide bonds. The molecule has 0 aliphatic carbocycles. The van der Waals surface area contributed by atoms with E-state index in [-0.39, 0.29) is 18.0 Å². The van der Waals surface area contributed by atoms with Crippen molar-refractivity contribution in [3.63, 3.8) is 0 Å². The van der Waals surface area contributed by atoms with Crippen molar-refractivity contribution in [3.8, 4) is 5.75 Å². The minimum Gasteiger partial charge on any atom is -0.471 e. The van der Waals surface area contributed by atoms with Crippen molar-refractivity contribution < 1.29 is 19.4 Å². The van der Waals surface area contributed by atoms with E-state index < -0.39 is 27.1 Å². The zero-order chi connectivity index (χ0) is 21.0. The molecule has 29 heavy (non-hydrogen) atoms. The third kappa shape index (κ3) is 5.05. The Labute approximate surface area is 167 Å². The highest BCUT2D eigenvalue weighted by Crippen LogP contribution is 2.23. The second-order valence-corrected chi connectivity index (χ2v) is 6.14. The number of benzene rings is 2. The van der Waals surface area contributed by atoms with Crippen LogP contribution in [0.15, 0.2) is 54.9 Å². The first-order valence-electron chi connectivity index (χ1n) is 7.98. The average molecular weight is 418 g/mol. The zero-order valence-electron chi connectivity index (χ0n) is 14.5. The van der Waals surface area contributed by atoms with Gasteiger partial charge in [0.2, 0.25) is 0 Å². The fourth-order valence-corrected chi connectivity index (χ4v) is 2.52. The molecule has 3 rings (SSSR count). The van der Waals surface area contributed by atoms with Gasteiger partial charge in [0, 0.05) is 17.2 Å². The monoisotopic (exact) mass is 417 g/mol. The normalized spacial score (nSPS) is 10.4. The Kier molecular flexibility index (Phi) is 5.69. The lowest BCUT2D eigenvalue weighted by molar-refractivity contribution is -0.394. The first-order chi connectivity index (χ1) is 13.8. The van der Waals surface area contributed by atoms with Gasteiger partial charge in [0.05, 0.1) is 39.6 Å². The van der Waals surface area contributed by atoms with Gasteiger partial charge in [-0.25, -0.2) is 4.68 Å². The molecule has 0 fully saturated rings. The number of hydrogen-bond acceptors (Lipinski definition) is 7. The second kappa shape index (κ2) is 8.35. The van der Waals surface area contributed by atoms with Crippen LogP contribution in [0.2, 0.25) is 5.02 Å². The summed E-state index contributed by atoms with van der Waals surface area (Å²) >= 11 is 5.87. The van der Waals surface area contributed by atoms with Crippen LogP contribution in [-0.4, -0.2) is 25.5 Å². The third-order valence-electron chi connectivity index (χ3n) is 3.64. The number of nitrogens with one attached hydrogen (secondary N) is 1. The molecule has 1 aromatic heterocycles. The van der Waals surface area contributed by atoms with Gasteiger partial charge in [-0.2, -0.15) is 5.10 Å². The number of anilines is 1. The van der Waals surface area contributed by atoms with E-state index in [0.29, 0.717) is 10.8 Å². The number of aromatic nitrogens is 2. The number of nitro groups is 2. The molecule has 3 aromatic rings. The van der Waals surface area contributed by atoms with Crippen LogP contribution in [0, 0.1) is 20.2 Å². The number of amides is 1. The standard InChI is InChI=1S/C17H12ClN5O6/c18-12-2-1-3-16(6-12)29-10-21-9-13(8-19-21)20-17(24)11-4-14(22(25)26)7-15(5-11)23(27)28/h1-9H,10H2,(H,20,24). The molecular formula is C17H12ClN5O6. The number of rotatable bonds is 7. The lowest BCUT2D eigenvalue weighted by Crippen LogP contribution is -2.12. The number of carbonyl (C=O) groups excluding carboxylic acids is 1. The zero-order valence-corrected chi connectivity index (χ0v) is 15.3. The van der Waals surface area contributed by atoms with Gasteiger partial charge >= 0.3 is 0 Å². The van der Waals surface area contributed by atoms with Crippen LogP contribution in [0.4, 0.5) is 17.1 Å². The maximum Gasteiger partial charge on any atom is 0.277 e. The first-order valence-corrected chi connectivity index (χ1v) is 8.35. The summed E-state index contributed by atoms with van der Waals surface area (Å²) in [5.74, 6) is -0.227. The van der Waals surface area contributed by atoms with E-state index >= 15 is 0 Å². The Bertz CT molecular complexity index is 1070. The molecule has 0 saturated heterocycles. The maximum absolute atomic E-state index is 12.4. The summed E-state index contributed by atoms with van der Waals surface area (Å²) in [5, 5.41) is 28.9. The Balaban J connectivity index is 1.70. The second-order valence-electron chi connectivity index (χ2n) is 5.71. The van der Waals surface area contributed by atoms with Gasteiger partial charge in [0.15, 0.2) is 6.73 Å². The summed E-state index contributed by atoms with van der Waals surface area (Å²) in [4.78, 5) is 32.6. The van der Waals surface area contributed by atoms with Crippen molar-refractivity contribution in [1.82, 2.24) is 9.78 Å². The molecule has 0 aliphatic rings. The lowest BCUT2D eigenvalue weighted by Gasteiger charge is -2.06. The molecule has 0 aliphatic heterocycles. The summed E-state index contributed by atoms with van der Waals surface area (Å²) in [6.45, 7) is 0.0402. The van der Waals surface area contributed by atoms with Crippen LogP contribution in [0.5, 0.6) is 5.75 Å². The number of nitro benzene ring substituents is 2. The van der Waals surface area contributed by atoms with Crippen molar-refractivity contribution >= 4 is 34.6 Å². The number of carbonyl (C=O) groups is 1. The summed E-state index contributed by atoms with van der Waals surface area (Å²) in [7, 11) is 0. The largest absolute Gasteiger partial charge is 0.471 e. The quantitative estimate of drug-likeness (QED) is 0.456. The lowest BCUT2D eigenvalue weighted by atomic mass is 10.1. The Morgan fingerprint density at radius 1 is 1.14 bits per heavy atom. The van der Waals surface area contributed by atoms with Crippen LogP contribution in [0.25, 0.3) is 0 Å². The van der Waals surface area contributed by atoms with E-state index in [0.717, 1.165) is 18.2 Å². The number of non-ortho nitro benzene ring substituents is 2. The van der Waals surface area contributed by atoms with E-state index in [1.165, 1.54) is 17.1 Å². The van der Waals surface area contributed by atoms with Crippen molar-refractivity contribution in [1.29, 1.82) is 0 Å². The molecular weight excluding hydrogens is 406 g/mol. The number of nitrogens with zero attached hydrogens (tertiary/aromatic N) is 4. The SMILES string of the molecule is O=C(Nc1cnn(COc2cccc(Cl)c2)c1)c1cc([N+](=O)[O-])cc([N+](=O)[O-])c1. The van der Waals surface area contributed by atoms with Gasteiger partial charge in [0.25, 0.3) is 17.3 Å². The highest BCUT2D eigenvalue weighted by molar-refractivity contribution is 6.30. The predicted octanol–water partition coefficient (Wildman–Crippen LogP) is 3.64. The first kappa shape index (κ1) is 19.8. The third-order valence-corrected chi connectivity index (χ3v) is 3.87. The van der Waals surface area contributed by atoms with Crippen molar-refractivity contribution in [2.75, 3.05) is 5.32 Å². The van der Waals surface area contributed by atoms with Gasteiger partial charge < -0.3 is 10.1 Å². The van der Waals surface area contributed by atoms with Crippen LogP contribution in [-0.2, 0) is 6.73 Å². The minimum atomic E-state index is -0.811. The van der Waals surface area contributed by atoms with Gasteiger partial charge in [-0.3, -0.25) is 25.0 Å². The predicted molar refractivity (Wildman–Crippen MR) is 102 cm³/mol. The number of halogens is 1. The fraction of sp³-hybridized carbons (Fsp3) is 0.0588. The highest BCUT2D eigenvalue weighted by Gasteiger charge is 2.20. The molecule has 11 nitrogen and oxygen atoms in total. The molecule has 0 unspecified atom stereocenters. The van der Waals surface area contributed by atoms with Crippen molar-refractivity contribution in [3.05, 3.63) is 85.7 Å². The molecule has 0 saturated carbocycles. The summed E-state index contributed by atoms with van der Waals surface area (Å²) < 4.78 is 6.91. The minimum absolute atomic E-state index is 0.0402. The van der Waals surface area contributed by atoms with E-state index in [2.05, 4.69) is 10.4 Å². The number of ether oxygens (including phenoxy) is 1. The molecule has 0 bridgehead atoms. The van der Waals surface area contributed by atoms with E-state index in [1.54, 1.807) is 24.3 Å². The summed E-state index contributed by atoms with van der Waals surface area (Å²) in [6, 6.07) is 9.46. The van der Waals surface area contributed by atoms with Crippen LogP contribution in [0.3, 0.4) is 0 Å². The van der Waals surface area contributed by atoms with Gasteiger partial charge in [-0.05, 0) is 18.2 Å². The highest BCUT2D eigenvalue weighted by atomic mass is 35.5. The van der Waals surface area contributed by atoms with Crippen LogP contribution >= 0.6 is 11.6 Å². The molecule has 0 atom stereocenters. The number of hydrogen-bond donors (Lipinski definition) is 1. The molecule has 0 radical (unpaired) electrons. The van der Waals surface area contributed by atoms with Crippen molar-refractivity contribution in [2.45, 2.75) is 6.73 Å². The topological polar surface area (TPSA) is 142 Å². The fourth-order valence-electron chi connectivity index (χ4n) is 2.34. The maximum atomic E-state index is 12.4. The van der Waals surface area contributed by atoms with E-state index in [4.69, 9.17) is 16.3 Å². The molecule has 12 heteroatoms. The molecule has 1 N–H and O–H groups in total. The van der Waals surface area contributed by atoms with Crippen molar-refractivity contribution in [2.24, 2.45) is 0 Å². The van der Waals surface area contributed by atoms with Gasteiger partial charge in [-0.1, -0.05) is 17.7 Å². The summed E-state index contributed by atoms with van der Waals surface area (Å²) in [6.07, 6.45) is 2.80. The van der Waals surface area contributed by atoms with Gasteiger partial charge in [0.1, 0.15) is 5.75 Å². The van der Waals surface area contributed by atoms with Crippen LogP contribution < -0.4 is 10.1 Å². The average Bonchev–Trinajstić information content (AvgIpc) is 3.13. The molecule has 1 heterocycles. The molecule has 0 spiro atoms. The van der Waals surface area contributed by atoms with Crippen LogP contribution in [0.1, 0.15) is 10.4 Å². The smallest absolute Gasteiger partial charge is 0.277 e. The Morgan fingerprint density at radius 2 is 1.83 bits per heavy atom. The van der Waals surface area contributed by atoms with Gasteiger partial charge in [-0.15, -0.1) is 0 Å². The Hall–Kier alpha value is -3.99.